The van der Waals surface area contributed by atoms with Gasteiger partial charge in [0, 0.05) is 26.7 Å². The van der Waals surface area contributed by atoms with E-state index in [4.69, 9.17) is 4.74 Å². The number of amides is 4. The largest absolute Gasteiger partial charge is 0.383 e. The third-order valence-corrected chi connectivity index (χ3v) is 4.36. The van der Waals surface area contributed by atoms with Gasteiger partial charge in [-0.25, -0.2) is 4.79 Å². The summed E-state index contributed by atoms with van der Waals surface area (Å²) in [6.07, 6.45) is 4.28. The molecular formula is C15H27ClN4O4. The molecule has 0 radical (unpaired) electrons. The normalized spacial score (nSPS) is 19.1. The first-order valence-electron chi connectivity index (χ1n) is 8.19. The van der Waals surface area contributed by atoms with Gasteiger partial charge in [-0.1, -0.05) is 19.3 Å². The first kappa shape index (κ1) is 20.7. The maximum Gasteiger partial charge on any atom is 0.325 e. The topological polar surface area (TPSA) is 99.8 Å². The molecule has 9 heteroatoms. The average Bonchev–Trinajstić information content (AvgIpc) is 2.76. The third-order valence-electron chi connectivity index (χ3n) is 4.36. The first-order chi connectivity index (χ1) is 11.1. The summed E-state index contributed by atoms with van der Waals surface area (Å²) in [6, 6.07) is -0.453. The number of rotatable bonds is 8. The van der Waals surface area contributed by atoms with Crippen molar-refractivity contribution in [3.63, 3.8) is 0 Å². The summed E-state index contributed by atoms with van der Waals surface area (Å²) in [5.41, 5.74) is -0.767. The zero-order valence-electron chi connectivity index (χ0n) is 14.1. The number of urea groups is 1. The van der Waals surface area contributed by atoms with Crippen molar-refractivity contribution in [3.8, 4) is 0 Å². The van der Waals surface area contributed by atoms with E-state index in [1.807, 2.05) is 0 Å². The van der Waals surface area contributed by atoms with Crippen LogP contribution in [0.15, 0.2) is 0 Å². The van der Waals surface area contributed by atoms with Crippen LogP contribution >= 0.6 is 12.4 Å². The van der Waals surface area contributed by atoms with Gasteiger partial charge < -0.3 is 20.7 Å². The van der Waals surface area contributed by atoms with Crippen LogP contribution in [0.2, 0.25) is 0 Å². The Hall–Kier alpha value is -1.38. The lowest BCUT2D eigenvalue weighted by molar-refractivity contribution is -0.135. The fourth-order valence-corrected chi connectivity index (χ4v) is 3.10. The molecule has 1 saturated carbocycles. The summed E-state index contributed by atoms with van der Waals surface area (Å²) in [5.74, 6) is -0.578. The first-order valence-corrected chi connectivity index (χ1v) is 8.19. The number of carbonyl (C=O) groups is 3. The maximum atomic E-state index is 12.5. The third kappa shape index (κ3) is 5.06. The van der Waals surface area contributed by atoms with E-state index >= 15 is 0 Å². The van der Waals surface area contributed by atoms with Gasteiger partial charge >= 0.3 is 6.03 Å². The highest BCUT2D eigenvalue weighted by Crippen LogP contribution is 2.33. The van der Waals surface area contributed by atoms with Gasteiger partial charge in [0.05, 0.1) is 6.61 Å². The van der Waals surface area contributed by atoms with Crippen LogP contribution < -0.4 is 16.0 Å². The number of hydrogen-bond donors (Lipinski definition) is 3. The van der Waals surface area contributed by atoms with Gasteiger partial charge in [0.25, 0.3) is 5.91 Å². The van der Waals surface area contributed by atoms with Gasteiger partial charge in [0.15, 0.2) is 0 Å². The molecule has 1 spiro atoms. The summed E-state index contributed by atoms with van der Waals surface area (Å²) >= 11 is 0. The molecule has 1 aliphatic heterocycles. The Morgan fingerprint density at radius 3 is 2.58 bits per heavy atom. The number of hydrogen-bond acceptors (Lipinski definition) is 5. The summed E-state index contributed by atoms with van der Waals surface area (Å²) in [6.45, 7) is 2.15. The second kappa shape index (κ2) is 9.80. The molecule has 2 aliphatic rings. The molecule has 0 bridgehead atoms. The zero-order valence-corrected chi connectivity index (χ0v) is 14.9. The number of nitrogens with zero attached hydrogens (tertiary/aromatic N) is 1. The molecule has 0 aromatic heterocycles. The fraction of sp³-hybridized carbons (Fsp3) is 0.800. The van der Waals surface area contributed by atoms with Crippen LogP contribution in [0.5, 0.6) is 0 Å². The quantitative estimate of drug-likeness (QED) is 0.417. The Kier molecular flexibility index (Phi) is 8.44. The molecule has 0 unspecified atom stereocenters. The van der Waals surface area contributed by atoms with Crippen molar-refractivity contribution in [1.29, 1.82) is 0 Å². The van der Waals surface area contributed by atoms with Crippen molar-refractivity contribution in [2.45, 2.75) is 37.6 Å². The summed E-state index contributed by atoms with van der Waals surface area (Å²) in [5, 5.41) is 8.60. The number of carbonyl (C=O) groups excluding carboxylic acids is 3. The predicted molar refractivity (Wildman–Crippen MR) is 91.1 cm³/mol. The predicted octanol–water partition coefficient (Wildman–Crippen LogP) is 0.0151. The Morgan fingerprint density at radius 1 is 1.21 bits per heavy atom. The Bertz CT molecular complexity index is 455. The molecule has 0 atom stereocenters. The minimum absolute atomic E-state index is 0. The number of methoxy groups -OCH3 is 1. The molecule has 24 heavy (non-hydrogen) atoms. The van der Waals surface area contributed by atoms with Crippen LogP contribution in [-0.2, 0) is 14.3 Å². The lowest BCUT2D eigenvalue weighted by atomic mass is 9.82. The van der Waals surface area contributed by atoms with Crippen LogP contribution in [0, 0.1) is 0 Å². The van der Waals surface area contributed by atoms with Gasteiger partial charge in [-0.2, -0.15) is 0 Å². The average molecular weight is 363 g/mol. The highest BCUT2D eigenvalue weighted by Gasteiger charge is 2.51. The molecule has 1 heterocycles. The van der Waals surface area contributed by atoms with E-state index in [0.717, 1.165) is 24.2 Å². The molecule has 8 nitrogen and oxygen atoms in total. The van der Waals surface area contributed by atoms with E-state index in [0.29, 0.717) is 39.1 Å². The van der Waals surface area contributed by atoms with Crippen molar-refractivity contribution in [3.05, 3.63) is 0 Å². The Morgan fingerprint density at radius 2 is 1.92 bits per heavy atom. The molecule has 138 valence electrons. The molecule has 4 amide bonds. The maximum absolute atomic E-state index is 12.5. The molecule has 3 N–H and O–H groups in total. The minimum Gasteiger partial charge on any atom is -0.383 e. The monoisotopic (exact) mass is 362 g/mol. The van der Waals surface area contributed by atoms with Crippen LogP contribution in [0.25, 0.3) is 0 Å². The zero-order chi connectivity index (χ0) is 16.7. The Labute approximate surface area is 148 Å². The van der Waals surface area contributed by atoms with Crippen molar-refractivity contribution >= 4 is 30.3 Å². The van der Waals surface area contributed by atoms with E-state index in [1.54, 1.807) is 7.11 Å². The van der Waals surface area contributed by atoms with Crippen molar-refractivity contribution in [2.75, 3.05) is 39.9 Å². The molecule has 2 fully saturated rings. The van der Waals surface area contributed by atoms with E-state index in [9.17, 15) is 14.4 Å². The smallest absolute Gasteiger partial charge is 0.325 e. The van der Waals surface area contributed by atoms with Gasteiger partial charge in [-0.15, -0.1) is 12.4 Å². The van der Waals surface area contributed by atoms with Crippen molar-refractivity contribution in [1.82, 2.24) is 20.9 Å². The number of imide groups is 1. The lowest BCUT2D eigenvalue weighted by Gasteiger charge is -2.30. The van der Waals surface area contributed by atoms with Gasteiger partial charge in [-0.3, -0.25) is 14.5 Å². The highest BCUT2D eigenvalue weighted by molar-refractivity contribution is 6.09. The second-order valence-electron chi connectivity index (χ2n) is 6.06. The molecular weight excluding hydrogens is 336 g/mol. The second-order valence-corrected chi connectivity index (χ2v) is 6.06. The fourth-order valence-electron chi connectivity index (χ4n) is 3.10. The lowest BCUT2D eigenvalue weighted by Crippen LogP contribution is -2.49. The number of ether oxygens (including phenoxy) is 1. The SMILES string of the molecule is COCCNCCNC(=O)CN1C(=O)NC2(CCCCC2)C1=O.Cl. The van der Waals surface area contributed by atoms with Crippen LogP contribution in [0.3, 0.4) is 0 Å². The minimum atomic E-state index is -0.767. The molecule has 1 aliphatic carbocycles. The molecule has 0 aromatic carbocycles. The molecule has 2 rings (SSSR count). The van der Waals surface area contributed by atoms with Crippen LogP contribution in [0.1, 0.15) is 32.1 Å². The van der Waals surface area contributed by atoms with Crippen molar-refractivity contribution in [2.24, 2.45) is 0 Å². The molecule has 0 aromatic rings. The van der Waals surface area contributed by atoms with Gasteiger partial charge in [0.1, 0.15) is 12.1 Å². The number of halogens is 1. The van der Waals surface area contributed by atoms with Gasteiger partial charge in [0.2, 0.25) is 5.91 Å². The molecule has 1 saturated heterocycles. The standard InChI is InChI=1S/C15H26N4O4.ClH/c1-23-10-9-16-7-8-17-12(20)11-19-13(21)15(18-14(19)22)5-3-2-4-6-15;/h16H,2-11H2,1H3,(H,17,20)(H,18,22);1H. The van der Waals surface area contributed by atoms with E-state index in [2.05, 4.69) is 16.0 Å². The van der Waals surface area contributed by atoms with Crippen LogP contribution in [0.4, 0.5) is 4.79 Å². The van der Waals surface area contributed by atoms with Crippen molar-refractivity contribution < 1.29 is 19.1 Å². The Balaban J connectivity index is 0.00000288. The van der Waals surface area contributed by atoms with E-state index in [-0.39, 0.29) is 30.8 Å². The summed E-state index contributed by atoms with van der Waals surface area (Å²) in [4.78, 5) is 37.5. The van der Waals surface area contributed by atoms with E-state index in [1.165, 1.54) is 0 Å². The van der Waals surface area contributed by atoms with E-state index < -0.39 is 11.6 Å². The number of nitrogens with one attached hydrogen (secondary N) is 3. The van der Waals surface area contributed by atoms with Gasteiger partial charge in [-0.05, 0) is 12.8 Å². The highest BCUT2D eigenvalue weighted by atomic mass is 35.5. The summed E-state index contributed by atoms with van der Waals surface area (Å²) < 4.78 is 4.90. The summed E-state index contributed by atoms with van der Waals surface area (Å²) in [7, 11) is 1.63. The van der Waals surface area contributed by atoms with Crippen LogP contribution in [-0.4, -0.2) is 68.2 Å².